The molecule has 5 nitrogen and oxygen atoms in total. The fourth-order valence-electron chi connectivity index (χ4n) is 0.942. The van der Waals surface area contributed by atoms with Crippen molar-refractivity contribution < 1.29 is 19.1 Å². The van der Waals surface area contributed by atoms with Gasteiger partial charge in [0.2, 0.25) is 0 Å². The third-order valence-electron chi connectivity index (χ3n) is 1.70. The first-order valence-electron chi connectivity index (χ1n) is 5.22. The monoisotopic (exact) mass is 217 g/mol. The number of rotatable bonds is 8. The van der Waals surface area contributed by atoms with Gasteiger partial charge >= 0.3 is 11.9 Å². The highest BCUT2D eigenvalue weighted by Crippen LogP contribution is 1.97. The van der Waals surface area contributed by atoms with Gasteiger partial charge < -0.3 is 15.2 Å². The van der Waals surface area contributed by atoms with E-state index in [1.54, 1.807) is 6.92 Å². The Labute approximate surface area is 89.9 Å². The molecule has 0 spiro atoms. The van der Waals surface area contributed by atoms with Crippen LogP contribution in [0.25, 0.3) is 0 Å². The molecule has 0 aliphatic carbocycles. The van der Waals surface area contributed by atoms with Crippen molar-refractivity contribution in [2.75, 3.05) is 19.8 Å². The molecular formula is C10H19NO4. The van der Waals surface area contributed by atoms with Gasteiger partial charge in [-0.25, -0.2) is 0 Å². The first-order valence-corrected chi connectivity index (χ1v) is 5.22. The SMILES string of the molecule is CCOC(=O)CCC(=O)OCCCCN. The standard InChI is InChI=1S/C10H19NO4/c1-2-14-9(12)5-6-10(13)15-8-4-3-7-11/h2-8,11H2,1H3. The zero-order valence-corrected chi connectivity index (χ0v) is 9.16. The van der Waals surface area contributed by atoms with E-state index in [-0.39, 0.29) is 24.8 Å². The first kappa shape index (κ1) is 13.9. The summed E-state index contributed by atoms with van der Waals surface area (Å²) in [7, 11) is 0. The van der Waals surface area contributed by atoms with Gasteiger partial charge in [-0.05, 0) is 26.3 Å². The van der Waals surface area contributed by atoms with Gasteiger partial charge in [0.1, 0.15) is 0 Å². The molecule has 0 aromatic rings. The van der Waals surface area contributed by atoms with Crippen LogP contribution in [0.3, 0.4) is 0 Å². The highest BCUT2D eigenvalue weighted by atomic mass is 16.5. The third kappa shape index (κ3) is 9.21. The van der Waals surface area contributed by atoms with Crippen molar-refractivity contribution in [3.05, 3.63) is 0 Å². The molecule has 88 valence electrons. The Kier molecular flexibility index (Phi) is 8.76. The molecule has 0 radical (unpaired) electrons. The maximum absolute atomic E-state index is 11.1. The molecule has 0 bridgehead atoms. The Morgan fingerprint density at radius 3 is 2.20 bits per heavy atom. The molecule has 0 aromatic heterocycles. The molecule has 0 heterocycles. The number of hydrogen-bond acceptors (Lipinski definition) is 5. The van der Waals surface area contributed by atoms with Crippen molar-refractivity contribution in [1.82, 2.24) is 0 Å². The lowest BCUT2D eigenvalue weighted by atomic mass is 10.3. The van der Waals surface area contributed by atoms with Crippen LogP contribution in [0.5, 0.6) is 0 Å². The predicted octanol–water partition coefficient (Wildman–Crippen LogP) is 0.612. The molecule has 0 rings (SSSR count). The minimum absolute atomic E-state index is 0.0848. The van der Waals surface area contributed by atoms with E-state index in [0.717, 1.165) is 12.8 Å². The fraction of sp³-hybridized carbons (Fsp3) is 0.800. The van der Waals surface area contributed by atoms with Crippen molar-refractivity contribution in [2.45, 2.75) is 32.6 Å². The van der Waals surface area contributed by atoms with Crippen LogP contribution in [0.2, 0.25) is 0 Å². The Bertz CT molecular complexity index is 194. The second kappa shape index (κ2) is 9.45. The number of unbranched alkanes of at least 4 members (excludes halogenated alkanes) is 1. The molecule has 0 aliphatic heterocycles. The Morgan fingerprint density at radius 2 is 1.67 bits per heavy atom. The van der Waals surface area contributed by atoms with Crippen LogP contribution in [0, 0.1) is 0 Å². The molecule has 5 heteroatoms. The average molecular weight is 217 g/mol. The smallest absolute Gasteiger partial charge is 0.306 e. The van der Waals surface area contributed by atoms with Gasteiger partial charge in [0.25, 0.3) is 0 Å². The Morgan fingerprint density at radius 1 is 1.07 bits per heavy atom. The Balaban J connectivity index is 3.36. The van der Waals surface area contributed by atoms with Crippen molar-refractivity contribution in [1.29, 1.82) is 0 Å². The maximum atomic E-state index is 11.1. The van der Waals surface area contributed by atoms with Gasteiger partial charge in [-0.3, -0.25) is 9.59 Å². The van der Waals surface area contributed by atoms with E-state index < -0.39 is 0 Å². The van der Waals surface area contributed by atoms with Gasteiger partial charge in [-0.2, -0.15) is 0 Å². The average Bonchev–Trinajstić information content (AvgIpc) is 2.22. The van der Waals surface area contributed by atoms with Crippen molar-refractivity contribution in [2.24, 2.45) is 5.73 Å². The van der Waals surface area contributed by atoms with Crippen molar-refractivity contribution in [3.63, 3.8) is 0 Å². The lowest BCUT2D eigenvalue weighted by Crippen LogP contribution is -2.11. The summed E-state index contributed by atoms with van der Waals surface area (Å²) in [4.78, 5) is 21.9. The van der Waals surface area contributed by atoms with Gasteiger partial charge in [-0.15, -0.1) is 0 Å². The first-order chi connectivity index (χ1) is 7.20. The van der Waals surface area contributed by atoms with E-state index in [9.17, 15) is 9.59 Å². The number of carbonyl (C=O) groups is 2. The minimum atomic E-state index is -0.364. The Hall–Kier alpha value is -1.10. The van der Waals surface area contributed by atoms with Crippen molar-refractivity contribution in [3.8, 4) is 0 Å². The molecule has 0 fully saturated rings. The summed E-state index contributed by atoms with van der Waals surface area (Å²) < 4.78 is 9.54. The number of esters is 2. The molecule has 0 saturated heterocycles. The summed E-state index contributed by atoms with van der Waals surface area (Å²) in [6, 6.07) is 0. The summed E-state index contributed by atoms with van der Waals surface area (Å²) >= 11 is 0. The van der Waals surface area contributed by atoms with Gasteiger partial charge in [0, 0.05) is 0 Å². The fourth-order valence-corrected chi connectivity index (χ4v) is 0.942. The van der Waals surface area contributed by atoms with Crippen LogP contribution in [0.15, 0.2) is 0 Å². The molecule has 0 atom stereocenters. The molecular weight excluding hydrogens is 198 g/mol. The second-order valence-corrected chi connectivity index (χ2v) is 3.02. The highest BCUT2D eigenvalue weighted by Gasteiger charge is 2.07. The number of ether oxygens (including phenoxy) is 2. The van der Waals surface area contributed by atoms with Crippen LogP contribution < -0.4 is 5.73 Å². The molecule has 0 saturated carbocycles. The van der Waals surface area contributed by atoms with Gasteiger partial charge in [-0.1, -0.05) is 0 Å². The summed E-state index contributed by atoms with van der Waals surface area (Å²) in [5.74, 6) is -0.725. The second-order valence-electron chi connectivity index (χ2n) is 3.02. The van der Waals surface area contributed by atoms with E-state index in [4.69, 9.17) is 10.5 Å². The van der Waals surface area contributed by atoms with Crippen LogP contribution in [0.1, 0.15) is 32.6 Å². The lowest BCUT2D eigenvalue weighted by molar-refractivity contribution is -0.150. The molecule has 15 heavy (non-hydrogen) atoms. The zero-order chi connectivity index (χ0) is 11.5. The van der Waals surface area contributed by atoms with E-state index in [1.165, 1.54) is 0 Å². The minimum Gasteiger partial charge on any atom is -0.466 e. The molecule has 0 aromatic carbocycles. The lowest BCUT2D eigenvalue weighted by Gasteiger charge is -2.04. The van der Waals surface area contributed by atoms with E-state index in [2.05, 4.69) is 4.74 Å². The van der Waals surface area contributed by atoms with Crippen molar-refractivity contribution >= 4 is 11.9 Å². The third-order valence-corrected chi connectivity index (χ3v) is 1.70. The van der Waals surface area contributed by atoms with Crippen LogP contribution in [-0.2, 0) is 19.1 Å². The molecule has 0 amide bonds. The van der Waals surface area contributed by atoms with Gasteiger partial charge in [0.05, 0.1) is 26.1 Å². The number of carbonyl (C=O) groups excluding carboxylic acids is 2. The van der Waals surface area contributed by atoms with E-state index in [1.807, 2.05) is 0 Å². The molecule has 2 N–H and O–H groups in total. The van der Waals surface area contributed by atoms with Crippen LogP contribution in [0.4, 0.5) is 0 Å². The van der Waals surface area contributed by atoms with Gasteiger partial charge in [0.15, 0.2) is 0 Å². The topological polar surface area (TPSA) is 78.6 Å². The zero-order valence-electron chi connectivity index (χ0n) is 9.16. The molecule has 0 unspecified atom stereocenters. The summed E-state index contributed by atoms with van der Waals surface area (Å²) in [5.41, 5.74) is 5.28. The largest absolute Gasteiger partial charge is 0.466 e. The summed E-state index contributed by atoms with van der Waals surface area (Å²) in [6.45, 7) is 3.03. The van der Waals surface area contributed by atoms with Crippen LogP contribution in [-0.4, -0.2) is 31.7 Å². The summed E-state index contributed by atoms with van der Waals surface area (Å²) in [6.07, 6.45) is 1.78. The molecule has 0 aliphatic rings. The van der Waals surface area contributed by atoms with E-state index in [0.29, 0.717) is 19.8 Å². The quantitative estimate of drug-likeness (QED) is 0.476. The van der Waals surface area contributed by atoms with Crippen LogP contribution >= 0.6 is 0 Å². The summed E-state index contributed by atoms with van der Waals surface area (Å²) in [5, 5.41) is 0. The number of hydrogen-bond donors (Lipinski definition) is 1. The number of nitrogens with two attached hydrogens (primary N) is 1. The highest BCUT2D eigenvalue weighted by molar-refractivity contribution is 5.77. The van der Waals surface area contributed by atoms with E-state index >= 15 is 0 Å². The normalized spacial score (nSPS) is 9.73. The predicted molar refractivity (Wildman–Crippen MR) is 55.1 cm³/mol. The maximum Gasteiger partial charge on any atom is 0.306 e.